The standard InChI is InChI=1S/C13H18F2N2OSi/c1-19(2,3)5-4-18-9-17-8-16-12-7-10(14)6-11(15)13(12)17/h6-8H,4-5,9H2,1-3H3. The monoisotopic (exact) mass is 284 g/mol. The third-order valence-corrected chi connectivity index (χ3v) is 4.56. The Morgan fingerprint density at radius 1 is 1.26 bits per heavy atom. The molecule has 6 heteroatoms. The molecule has 1 aromatic heterocycles. The minimum absolute atomic E-state index is 0.240. The maximum Gasteiger partial charge on any atom is 0.152 e. The van der Waals surface area contributed by atoms with Crippen molar-refractivity contribution in [1.82, 2.24) is 9.55 Å². The van der Waals surface area contributed by atoms with Crippen LogP contribution in [0.15, 0.2) is 18.5 Å². The van der Waals surface area contributed by atoms with Crippen LogP contribution < -0.4 is 0 Å². The lowest BCUT2D eigenvalue weighted by Gasteiger charge is -2.15. The van der Waals surface area contributed by atoms with Crippen molar-refractivity contribution in [1.29, 1.82) is 0 Å². The molecule has 3 nitrogen and oxygen atoms in total. The number of aromatic nitrogens is 2. The number of hydrogen-bond acceptors (Lipinski definition) is 2. The van der Waals surface area contributed by atoms with Crippen LogP contribution in [0.2, 0.25) is 25.7 Å². The smallest absolute Gasteiger partial charge is 0.152 e. The van der Waals surface area contributed by atoms with Gasteiger partial charge in [-0.25, -0.2) is 13.8 Å². The largest absolute Gasteiger partial charge is 0.361 e. The van der Waals surface area contributed by atoms with E-state index < -0.39 is 19.7 Å². The minimum atomic E-state index is -1.12. The van der Waals surface area contributed by atoms with Crippen LogP contribution in [0, 0.1) is 11.6 Å². The number of imidazole rings is 1. The number of halogens is 2. The molecule has 2 aromatic rings. The second-order valence-electron chi connectivity index (χ2n) is 5.82. The lowest BCUT2D eigenvalue weighted by atomic mass is 10.3. The van der Waals surface area contributed by atoms with Gasteiger partial charge in [0.25, 0.3) is 0 Å². The van der Waals surface area contributed by atoms with Gasteiger partial charge in [-0.2, -0.15) is 0 Å². The maximum atomic E-state index is 13.7. The molecule has 0 spiro atoms. The van der Waals surface area contributed by atoms with Crippen LogP contribution in [0.25, 0.3) is 11.0 Å². The Kier molecular flexibility index (Phi) is 4.01. The Morgan fingerprint density at radius 2 is 2.00 bits per heavy atom. The van der Waals surface area contributed by atoms with Crippen molar-refractivity contribution in [3.63, 3.8) is 0 Å². The second kappa shape index (κ2) is 5.38. The Morgan fingerprint density at radius 3 is 2.68 bits per heavy atom. The molecule has 0 saturated carbocycles. The summed E-state index contributed by atoms with van der Waals surface area (Å²) >= 11 is 0. The van der Waals surface area contributed by atoms with E-state index in [0.29, 0.717) is 12.1 Å². The molecule has 0 aliphatic heterocycles. The van der Waals surface area contributed by atoms with Crippen LogP contribution in [0.3, 0.4) is 0 Å². The molecule has 0 aliphatic rings. The van der Waals surface area contributed by atoms with E-state index in [2.05, 4.69) is 24.6 Å². The fourth-order valence-corrected chi connectivity index (χ4v) is 2.52. The van der Waals surface area contributed by atoms with E-state index in [0.717, 1.165) is 12.1 Å². The van der Waals surface area contributed by atoms with Crippen LogP contribution in [0.4, 0.5) is 8.78 Å². The highest BCUT2D eigenvalue weighted by atomic mass is 28.3. The molecule has 0 unspecified atom stereocenters. The van der Waals surface area contributed by atoms with Gasteiger partial charge in [-0.1, -0.05) is 19.6 Å². The van der Waals surface area contributed by atoms with E-state index in [-0.39, 0.29) is 12.2 Å². The van der Waals surface area contributed by atoms with E-state index in [1.807, 2.05) is 0 Å². The first-order valence-electron chi connectivity index (χ1n) is 6.24. The zero-order valence-electron chi connectivity index (χ0n) is 11.4. The second-order valence-corrected chi connectivity index (χ2v) is 11.4. The van der Waals surface area contributed by atoms with Crippen molar-refractivity contribution in [2.75, 3.05) is 6.61 Å². The fourth-order valence-electron chi connectivity index (χ4n) is 1.76. The predicted molar refractivity (Wildman–Crippen MR) is 73.8 cm³/mol. The Hall–Kier alpha value is -1.27. The highest BCUT2D eigenvalue weighted by molar-refractivity contribution is 6.76. The van der Waals surface area contributed by atoms with Gasteiger partial charge >= 0.3 is 0 Å². The highest BCUT2D eigenvalue weighted by Crippen LogP contribution is 2.18. The summed E-state index contributed by atoms with van der Waals surface area (Å²) in [5.74, 6) is -1.23. The lowest BCUT2D eigenvalue weighted by Crippen LogP contribution is -2.22. The Balaban J connectivity index is 2.06. The summed E-state index contributed by atoms with van der Waals surface area (Å²) in [5.41, 5.74) is 0.598. The zero-order chi connectivity index (χ0) is 14.0. The number of rotatable bonds is 5. The average Bonchev–Trinajstić information content (AvgIpc) is 2.66. The minimum Gasteiger partial charge on any atom is -0.361 e. The Labute approximate surface area is 112 Å². The molecule has 19 heavy (non-hydrogen) atoms. The first-order chi connectivity index (χ1) is 8.87. The SMILES string of the molecule is C[Si](C)(C)CCOCn1cnc2cc(F)cc(F)c21. The van der Waals surface area contributed by atoms with Crippen molar-refractivity contribution in [2.45, 2.75) is 32.4 Å². The molecule has 0 saturated heterocycles. The molecule has 0 N–H and O–H groups in total. The van der Waals surface area contributed by atoms with Gasteiger partial charge < -0.3 is 9.30 Å². The van der Waals surface area contributed by atoms with E-state index in [1.165, 1.54) is 12.4 Å². The van der Waals surface area contributed by atoms with Gasteiger partial charge in [-0.3, -0.25) is 0 Å². The van der Waals surface area contributed by atoms with Gasteiger partial charge in [-0.15, -0.1) is 0 Å². The summed E-state index contributed by atoms with van der Waals surface area (Å²) in [6, 6.07) is 3.14. The van der Waals surface area contributed by atoms with Crippen molar-refractivity contribution in [3.05, 3.63) is 30.1 Å². The molecule has 104 valence electrons. The number of ether oxygens (including phenoxy) is 1. The molecule has 0 atom stereocenters. The number of fused-ring (bicyclic) bond motifs is 1. The predicted octanol–water partition coefficient (Wildman–Crippen LogP) is 3.63. The van der Waals surface area contributed by atoms with E-state index in [4.69, 9.17) is 4.74 Å². The summed E-state index contributed by atoms with van der Waals surface area (Å²) in [5, 5.41) is 0. The molecule has 0 amide bonds. The van der Waals surface area contributed by atoms with Gasteiger partial charge in [0.15, 0.2) is 5.82 Å². The van der Waals surface area contributed by atoms with Crippen molar-refractivity contribution >= 4 is 19.1 Å². The van der Waals surface area contributed by atoms with Gasteiger partial charge in [0.1, 0.15) is 18.1 Å². The van der Waals surface area contributed by atoms with Crippen molar-refractivity contribution in [2.24, 2.45) is 0 Å². The van der Waals surface area contributed by atoms with E-state index in [1.54, 1.807) is 4.57 Å². The van der Waals surface area contributed by atoms with Crippen LogP contribution in [-0.2, 0) is 11.5 Å². The number of hydrogen-bond donors (Lipinski definition) is 0. The molecule has 0 fully saturated rings. The highest BCUT2D eigenvalue weighted by Gasteiger charge is 2.13. The van der Waals surface area contributed by atoms with Gasteiger partial charge in [0, 0.05) is 26.8 Å². The van der Waals surface area contributed by atoms with Crippen LogP contribution >= 0.6 is 0 Å². The summed E-state index contributed by atoms with van der Waals surface area (Å²) in [6.07, 6.45) is 1.47. The maximum absolute atomic E-state index is 13.7. The van der Waals surface area contributed by atoms with Crippen LogP contribution in [-0.4, -0.2) is 24.2 Å². The summed E-state index contributed by atoms with van der Waals surface area (Å²) in [7, 11) is -1.12. The number of nitrogens with zero attached hydrogens (tertiary/aromatic N) is 2. The molecule has 1 heterocycles. The zero-order valence-corrected chi connectivity index (χ0v) is 12.4. The normalized spacial score (nSPS) is 12.3. The molecule has 0 aliphatic carbocycles. The van der Waals surface area contributed by atoms with E-state index >= 15 is 0 Å². The first kappa shape index (κ1) is 14.1. The molecular formula is C13H18F2N2OSi. The summed E-state index contributed by atoms with van der Waals surface area (Å²) in [4.78, 5) is 3.98. The molecule has 0 radical (unpaired) electrons. The molecule has 0 bridgehead atoms. The topological polar surface area (TPSA) is 27.1 Å². The first-order valence-corrected chi connectivity index (χ1v) is 9.95. The fraction of sp³-hybridized carbons (Fsp3) is 0.462. The molecular weight excluding hydrogens is 266 g/mol. The lowest BCUT2D eigenvalue weighted by molar-refractivity contribution is 0.0895. The summed E-state index contributed by atoms with van der Waals surface area (Å²) < 4.78 is 33.8. The number of benzene rings is 1. The van der Waals surface area contributed by atoms with Gasteiger partial charge in [0.05, 0.1) is 11.8 Å². The van der Waals surface area contributed by atoms with Crippen molar-refractivity contribution in [3.8, 4) is 0 Å². The van der Waals surface area contributed by atoms with E-state index in [9.17, 15) is 8.78 Å². The molecule has 1 aromatic carbocycles. The third kappa shape index (κ3) is 3.60. The van der Waals surface area contributed by atoms with Crippen LogP contribution in [0.1, 0.15) is 0 Å². The van der Waals surface area contributed by atoms with Gasteiger partial charge in [-0.05, 0) is 6.04 Å². The third-order valence-electron chi connectivity index (χ3n) is 2.86. The quantitative estimate of drug-likeness (QED) is 0.619. The average molecular weight is 284 g/mol. The summed E-state index contributed by atoms with van der Waals surface area (Å²) in [6.45, 7) is 7.70. The Bertz CT molecular complexity index is 578. The van der Waals surface area contributed by atoms with Gasteiger partial charge in [0.2, 0.25) is 0 Å². The van der Waals surface area contributed by atoms with Crippen LogP contribution in [0.5, 0.6) is 0 Å². The molecule has 2 rings (SSSR count). The van der Waals surface area contributed by atoms with Crippen molar-refractivity contribution < 1.29 is 13.5 Å².